The lowest BCUT2D eigenvalue weighted by molar-refractivity contribution is -0.186. The number of piperidine rings is 2. The number of hydrogen-bond donors (Lipinski definition) is 0. The van der Waals surface area contributed by atoms with E-state index < -0.39 is 17.3 Å². The molecule has 0 aromatic rings. The second kappa shape index (κ2) is 5.01. The van der Waals surface area contributed by atoms with Crippen molar-refractivity contribution in [2.24, 2.45) is 17.3 Å². The molecule has 1 spiro atoms. The maximum absolute atomic E-state index is 12.9. The zero-order valence-corrected chi connectivity index (χ0v) is 13.0. The summed E-state index contributed by atoms with van der Waals surface area (Å²) in [6.45, 7) is 0.523. The second-order valence-corrected chi connectivity index (χ2v) is 7.01. The molecular weight excluding hydrogens is 296 g/mol. The van der Waals surface area contributed by atoms with Gasteiger partial charge in [-0.05, 0) is 25.7 Å². The summed E-state index contributed by atoms with van der Waals surface area (Å²) >= 11 is 0. The Morgan fingerprint density at radius 2 is 1.13 bits per heavy atom. The van der Waals surface area contributed by atoms with Gasteiger partial charge in [-0.3, -0.25) is 29.0 Å². The van der Waals surface area contributed by atoms with Crippen LogP contribution in [0.3, 0.4) is 0 Å². The molecule has 0 atom stereocenters. The van der Waals surface area contributed by atoms with Gasteiger partial charge >= 0.3 is 0 Å². The molecule has 4 bridgehead atoms. The van der Waals surface area contributed by atoms with Crippen LogP contribution in [0.1, 0.15) is 38.5 Å². The predicted octanol–water partition coefficient (Wildman–Crippen LogP) is 0.867. The first-order valence-electron chi connectivity index (χ1n) is 8.43. The van der Waals surface area contributed by atoms with Crippen molar-refractivity contribution in [1.29, 1.82) is 0 Å². The largest absolute Gasteiger partial charge is 0.281 e. The first-order chi connectivity index (χ1) is 11.1. The summed E-state index contributed by atoms with van der Waals surface area (Å²) in [5, 5.41) is 0. The lowest BCUT2D eigenvalue weighted by atomic mass is 9.58. The molecule has 5 rings (SSSR count). The Bertz CT molecular complexity index is 553. The molecule has 5 aliphatic rings. The fourth-order valence-electron chi connectivity index (χ4n) is 4.90. The van der Waals surface area contributed by atoms with Crippen molar-refractivity contribution in [3.05, 3.63) is 12.2 Å². The maximum atomic E-state index is 12.9. The molecule has 6 nitrogen and oxygen atoms in total. The van der Waals surface area contributed by atoms with Gasteiger partial charge < -0.3 is 0 Å². The van der Waals surface area contributed by atoms with E-state index in [1.165, 1.54) is 9.80 Å². The van der Waals surface area contributed by atoms with Gasteiger partial charge in [-0.1, -0.05) is 25.0 Å². The van der Waals surface area contributed by atoms with Crippen LogP contribution in [-0.4, -0.2) is 46.5 Å². The first-order valence-corrected chi connectivity index (χ1v) is 8.43. The van der Waals surface area contributed by atoms with Gasteiger partial charge in [0.2, 0.25) is 23.6 Å². The van der Waals surface area contributed by atoms with Crippen molar-refractivity contribution in [2.75, 3.05) is 13.1 Å². The predicted molar refractivity (Wildman–Crippen MR) is 79.7 cm³/mol. The van der Waals surface area contributed by atoms with E-state index in [4.69, 9.17) is 0 Å². The number of imide groups is 2. The van der Waals surface area contributed by atoms with E-state index >= 15 is 0 Å². The SMILES string of the molecule is O=C1C2C(=O)N3CC/C=C\CCN1C(=O)C(C3=O)C21CCCC1. The quantitative estimate of drug-likeness (QED) is 0.377. The standard InChI is InChI=1S/C17H20N2O4/c20-13-11-15(22)19-10-6-2-1-5-9-18(13)14(21)12(16(19)23)17(11)7-3-4-8-17/h1-2,11-12H,3-10H2/b2-1-. The summed E-state index contributed by atoms with van der Waals surface area (Å²) in [5.41, 5.74) is -0.753. The smallest absolute Gasteiger partial charge is 0.242 e. The number of hydrogen-bond acceptors (Lipinski definition) is 4. The Morgan fingerprint density at radius 1 is 0.739 bits per heavy atom. The van der Waals surface area contributed by atoms with Crippen LogP contribution in [0, 0.1) is 17.3 Å². The van der Waals surface area contributed by atoms with Gasteiger partial charge in [-0.2, -0.15) is 0 Å². The normalized spacial score (nSPS) is 29.7. The van der Waals surface area contributed by atoms with Gasteiger partial charge in [-0.25, -0.2) is 0 Å². The molecule has 23 heavy (non-hydrogen) atoms. The average molecular weight is 316 g/mol. The molecule has 4 amide bonds. The summed E-state index contributed by atoms with van der Waals surface area (Å²) in [6, 6.07) is 0. The first kappa shape index (κ1) is 14.6. The van der Waals surface area contributed by atoms with E-state index in [0.29, 0.717) is 25.7 Å². The zero-order valence-electron chi connectivity index (χ0n) is 13.0. The second-order valence-electron chi connectivity index (χ2n) is 7.01. The third-order valence-electron chi connectivity index (χ3n) is 5.94. The average Bonchev–Trinajstić information content (AvgIpc) is 2.95. The van der Waals surface area contributed by atoms with E-state index in [9.17, 15) is 19.2 Å². The molecule has 3 fully saturated rings. The molecule has 1 aliphatic carbocycles. The maximum Gasteiger partial charge on any atom is 0.242 e. The monoisotopic (exact) mass is 316 g/mol. The Labute approximate surface area is 134 Å². The van der Waals surface area contributed by atoms with Crippen LogP contribution in [0.4, 0.5) is 0 Å². The van der Waals surface area contributed by atoms with E-state index in [1.807, 2.05) is 12.2 Å². The van der Waals surface area contributed by atoms with Crippen LogP contribution in [0.15, 0.2) is 12.2 Å². The van der Waals surface area contributed by atoms with Crippen LogP contribution >= 0.6 is 0 Å². The van der Waals surface area contributed by atoms with Crippen molar-refractivity contribution in [2.45, 2.75) is 38.5 Å². The number of amides is 4. The summed E-state index contributed by atoms with van der Waals surface area (Å²) in [6.07, 6.45) is 7.96. The minimum absolute atomic E-state index is 0.262. The summed E-state index contributed by atoms with van der Waals surface area (Å²) in [7, 11) is 0. The minimum atomic E-state index is -0.844. The van der Waals surface area contributed by atoms with E-state index in [2.05, 4.69) is 0 Å². The van der Waals surface area contributed by atoms with Gasteiger partial charge in [0.15, 0.2) is 0 Å². The molecule has 4 aliphatic heterocycles. The van der Waals surface area contributed by atoms with Gasteiger partial charge in [0, 0.05) is 18.5 Å². The Balaban J connectivity index is 1.88. The van der Waals surface area contributed by atoms with E-state index in [1.54, 1.807) is 0 Å². The number of nitrogens with zero attached hydrogens (tertiary/aromatic N) is 2. The Hall–Kier alpha value is -1.98. The number of carbonyl (C=O) groups is 4. The minimum Gasteiger partial charge on any atom is -0.281 e. The third-order valence-corrected chi connectivity index (χ3v) is 5.94. The van der Waals surface area contributed by atoms with Crippen molar-refractivity contribution < 1.29 is 19.2 Å². The van der Waals surface area contributed by atoms with Crippen LogP contribution in [0.25, 0.3) is 0 Å². The van der Waals surface area contributed by atoms with Crippen LogP contribution in [0.2, 0.25) is 0 Å². The number of rotatable bonds is 0. The molecule has 2 saturated heterocycles. The molecule has 0 aromatic heterocycles. The van der Waals surface area contributed by atoms with Crippen LogP contribution in [0.5, 0.6) is 0 Å². The number of fused-ring (bicyclic) bond motifs is 4. The molecular formula is C17H20N2O4. The summed E-state index contributed by atoms with van der Waals surface area (Å²) in [4.78, 5) is 54.1. The van der Waals surface area contributed by atoms with Crippen molar-refractivity contribution in [1.82, 2.24) is 9.80 Å². The fraction of sp³-hybridized carbons (Fsp3) is 0.647. The van der Waals surface area contributed by atoms with Gasteiger partial charge in [0.25, 0.3) is 0 Å². The Morgan fingerprint density at radius 3 is 1.52 bits per heavy atom. The lowest BCUT2D eigenvalue weighted by Gasteiger charge is -2.52. The van der Waals surface area contributed by atoms with Crippen LogP contribution in [-0.2, 0) is 19.2 Å². The van der Waals surface area contributed by atoms with Crippen molar-refractivity contribution in [3.8, 4) is 0 Å². The van der Waals surface area contributed by atoms with E-state index in [-0.39, 0.29) is 36.7 Å². The highest BCUT2D eigenvalue weighted by Gasteiger charge is 2.68. The molecule has 0 unspecified atom stereocenters. The molecule has 0 radical (unpaired) electrons. The summed E-state index contributed by atoms with van der Waals surface area (Å²) in [5.74, 6) is -3.22. The van der Waals surface area contributed by atoms with Crippen molar-refractivity contribution in [3.63, 3.8) is 0 Å². The third kappa shape index (κ3) is 1.80. The highest BCUT2D eigenvalue weighted by Crippen LogP contribution is 2.56. The molecule has 122 valence electrons. The fourth-order valence-corrected chi connectivity index (χ4v) is 4.90. The molecule has 4 heterocycles. The molecule has 6 heteroatoms. The zero-order chi connectivity index (χ0) is 16.2. The lowest BCUT2D eigenvalue weighted by Crippen LogP contribution is -2.71. The van der Waals surface area contributed by atoms with Gasteiger partial charge in [-0.15, -0.1) is 0 Å². The highest BCUT2D eigenvalue weighted by molar-refractivity contribution is 6.22. The number of carbonyl (C=O) groups excluding carboxylic acids is 4. The van der Waals surface area contributed by atoms with Gasteiger partial charge in [0.1, 0.15) is 11.8 Å². The van der Waals surface area contributed by atoms with Gasteiger partial charge in [0.05, 0.1) is 0 Å². The van der Waals surface area contributed by atoms with E-state index in [0.717, 1.165) is 12.8 Å². The highest BCUT2D eigenvalue weighted by atomic mass is 16.2. The topological polar surface area (TPSA) is 74.8 Å². The molecule has 0 N–H and O–H groups in total. The molecule has 1 saturated carbocycles. The summed E-state index contributed by atoms with van der Waals surface area (Å²) < 4.78 is 0. The molecule has 0 aromatic carbocycles. The van der Waals surface area contributed by atoms with Crippen molar-refractivity contribution >= 4 is 23.6 Å². The Kier molecular flexibility index (Phi) is 3.18. The van der Waals surface area contributed by atoms with Crippen LogP contribution < -0.4 is 0 Å².